The van der Waals surface area contributed by atoms with E-state index in [9.17, 15) is 13.6 Å². The zero-order valence-electron chi connectivity index (χ0n) is 10.6. The smallest absolute Gasteiger partial charge is 0.230 e. The topological polar surface area (TPSA) is 42.0 Å². The first kappa shape index (κ1) is 14.6. The summed E-state index contributed by atoms with van der Waals surface area (Å²) >= 11 is 3.27. The molecule has 2 rings (SSSR count). The van der Waals surface area contributed by atoms with Crippen LogP contribution in [0.4, 0.5) is 14.6 Å². The lowest BCUT2D eigenvalue weighted by Crippen LogP contribution is -2.17. The number of nitrogens with one attached hydrogen (secondary N) is 1. The van der Waals surface area contributed by atoms with E-state index in [0.717, 1.165) is 16.1 Å². The molecule has 20 heavy (non-hydrogen) atoms. The second-order valence-corrected chi connectivity index (χ2v) is 5.17. The molecule has 0 saturated heterocycles. The molecule has 0 saturated carbocycles. The van der Waals surface area contributed by atoms with Crippen LogP contribution in [0.2, 0.25) is 0 Å². The lowest BCUT2D eigenvalue weighted by Gasteiger charge is -2.08. The van der Waals surface area contributed by atoms with Crippen LogP contribution < -0.4 is 5.32 Å². The highest BCUT2D eigenvalue weighted by Gasteiger charge is 2.13. The van der Waals surface area contributed by atoms with Crippen molar-refractivity contribution in [1.29, 1.82) is 0 Å². The molecule has 0 fully saturated rings. The predicted molar refractivity (Wildman–Crippen MR) is 75.4 cm³/mol. The minimum absolute atomic E-state index is 0.0114. The van der Waals surface area contributed by atoms with Gasteiger partial charge < -0.3 is 5.32 Å². The minimum Gasteiger partial charge on any atom is -0.310 e. The fraction of sp³-hybridized carbons (Fsp3) is 0.143. The second-order valence-electron chi connectivity index (χ2n) is 4.26. The third-order valence-electron chi connectivity index (χ3n) is 2.69. The molecule has 0 spiro atoms. The standard InChI is InChI=1S/C14H11BrF2N2O/c1-8-5-10(15)7-18-14(8)19-12(20)6-9-3-2-4-11(16)13(9)17/h2-5,7H,6H2,1H3,(H,18,19,20). The third-order valence-corrected chi connectivity index (χ3v) is 3.12. The molecule has 0 aliphatic carbocycles. The molecule has 1 aromatic carbocycles. The molecule has 0 aliphatic rings. The van der Waals surface area contributed by atoms with Gasteiger partial charge in [-0.2, -0.15) is 0 Å². The van der Waals surface area contributed by atoms with Gasteiger partial charge in [0.05, 0.1) is 6.42 Å². The highest BCUT2D eigenvalue weighted by molar-refractivity contribution is 9.10. The summed E-state index contributed by atoms with van der Waals surface area (Å²) in [5, 5.41) is 2.57. The zero-order valence-corrected chi connectivity index (χ0v) is 12.2. The molecule has 3 nitrogen and oxygen atoms in total. The van der Waals surface area contributed by atoms with E-state index in [1.165, 1.54) is 12.1 Å². The normalized spacial score (nSPS) is 10.4. The molecule has 1 amide bonds. The van der Waals surface area contributed by atoms with E-state index in [-0.39, 0.29) is 12.0 Å². The van der Waals surface area contributed by atoms with Crippen LogP contribution in [0.5, 0.6) is 0 Å². The molecule has 1 aromatic heterocycles. The van der Waals surface area contributed by atoms with Gasteiger partial charge in [0.15, 0.2) is 11.6 Å². The highest BCUT2D eigenvalue weighted by atomic mass is 79.9. The summed E-state index contributed by atoms with van der Waals surface area (Å²) in [6.07, 6.45) is 1.30. The second kappa shape index (κ2) is 6.09. The summed E-state index contributed by atoms with van der Waals surface area (Å²) in [4.78, 5) is 15.9. The Hall–Kier alpha value is -1.82. The maximum absolute atomic E-state index is 13.5. The predicted octanol–water partition coefficient (Wildman–Crippen LogP) is 3.61. The summed E-state index contributed by atoms with van der Waals surface area (Å²) in [5.74, 6) is -2.01. The maximum atomic E-state index is 13.5. The molecule has 0 radical (unpaired) electrons. The van der Waals surface area contributed by atoms with Gasteiger partial charge in [-0.25, -0.2) is 13.8 Å². The number of nitrogens with zero attached hydrogens (tertiary/aromatic N) is 1. The number of aromatic nitrogens is 1. The number of halogens is 3. The Labute approximate surface area is 123 Å². The SMILES string of the molecule is Cc1cc(Br)cnc1NC(=O)Cc1cccc(F)c1F. The molecule has 0 unspecified atom stereocenters. The highest BCUT2D eigenvalue weighted by Crippen LogP contribution is 2.17. The van der Waals surface area contributed by atoms with Crippen molar-refractivity contribution in [1.82, 2.24) is 4.98 Å². The number of hydrogen-bond acceptors (Lipinski definition) is 2. The Morgan fingerprint density at radius 3 is 2.85 bits per heavy atom. The number of aryl methyl sites for hydroxylation is 1. The Bertz CT molecular complexity index is 662. The van der Waals surface area contributed by atoms with Gasteiger partial charge in [-0.15, -0.1) is 0 Å². The number of hydrogen-bond donors (Lipinski definition) is 1. The van der Waals surface area contributed by atoms with E-state index in [1.807, 2.05) is 0 Å². The van der Waals surface area contributed by atoms with E-state index in [1.54, 1.807) is 19.2 Å². The van der Waals surface area contributed by atoms with Crippen LogP contribution in [0.3, 0.4) is 0 Å². The molecular formula is C14H11BrF2N2O. The Morgan fingerprint density at radius 1 is 1.40 bits per heavy atom. The third kappa shape index (κ3) is 3.39. The van der Waals surface area contributed by atoms with Crippen molar-refractivity contribution in [3.05, 3.63) is 57.7 Å². The molecule has 0 bridgehead atoms. The van der Waals surface area contributed by atoms with Crippen molar-refractivity contribution in [3.8, 4) is 0 Å². The first-order chi connectivity index (χ1) is 9.47. The molecule has 104 valence electrons. The fourth-order valence-electron chi connectivity index (χ4n) is 1.71. The van der Waals surface area contributed by atoms with Crippen LogP contribution in [0, 0.1) is 18.6 Å². The Morgan fingerprint density at radius 2 is 2.15 bits per heavy atom. The zero-order chi connectivity index (χ0) is 14.7. The number of rotatable bonds is 3. The molecule has 1 N–H and O–H groups in total. The summed E-state index contributed by atoms with van der Waals surface area (Å²) in [6, 6.07) is 5.55. The lowest BCUT2D eigenvalue weighted by molar-refractivity contribution is -0.115. The van der Waals surface area contributed by atoms with E-state index >= 15 is 0 Å². The van der Waals surface area contributed by atoms with Gasteiger partial charge in [-0.3, -0.25) is 4.79 Å². The molecule has 2 aromatic rings. The first-order valence-corrected chi connectivity index (χ1v) is 6.61. The average molecular weight is 341 g/mol. The van der Waals surface area contributed by atoms with Crippen molar-refractivity contribution in [2.45, 2.75) is 13.3 Å². The van der Waals surface area contributed by atoms with Crippen molar-refractivity contribution < 1.29 is 13.6 Å². The van der Waals surface area contributed by atoms with E-state index in [0.29, 0.717) is 5.82 Å². The fourth-order valence-corrected chi connectivity index (χ4v) is 2.15. The summed E-state index contributed by atoms with van der Waals surface area (Å²) < 4.78 is 27.3. The Balaban J connectivity index is 2.11. The molecule has 1 heterocycles. The van der Waals surface area contributed by atoms with Crippen LogP contribution in [-0.2, 0) is 11.2 Å². The van der Waals surface area contributed by atoms with Gasteiger partial charge >= 0.3 is 0 Å². The maximum Gasteiger partial charge on any atom is 0.230 e. The van der Waals surface area contributed by atoms with Gasteiger partial charge in [0, 0.05) is 16.2 Å². The van der Waals surface area contributed by atoms with Crippen LogP contribution in [0.1, 0.15) is 11.1 Å². The van der Waals surface area contributed by atoms with Gasteiger partial charge in [0.1, 0.15) is 5.82 Å². The number of pyridine rings is 1. The lowest BCUT2D eigenvalue weighted by atomic mass is 10.1. The van der Waals surface area contributed by atoms with Crippen molar-refractivity contribution in [2.75, 3.05) is 5.32 Å². The number of carbonyl (C=O) groups excluding carboxylic acids is 1. The summed E-state index contributed by atoms with van der Waals surface area (Å²) in [7, 11) is 0. The summed E-state index contributed by atoms with van der Waals surface area (Å²) in [6.45, 7) is 1.79. The van der Waals surface area contributed by atoms with Crippen LogP contribution in [0.15, 0.2) is 34.9 Å². The Kier molecular flexibility index (Phi) is 4.44. The molecule has 6 heteroatoms. The van der Waals surface area contributed by atoms with Crippen LogP contribution >= 0.6 is 15.9 Å². The number of amides is 1. The number of carbonyl (C=O) groups is 1. The van der Waals surface area contributed by atoms with Crippen LogP contribution in [-0.4, -0.2) is 10.9 Å². The number of anilines is 1. The minimum atomic E-state index is -0.997. The summed E-state index contributed by atoms with van der Waals surface area (Å²) in [5.41, 5.74) is 0.782. The van der Waals surface area contributed by atoms with E-state index in [4.69, 9.17) is 0 Å². The van der Waals surface area contributed by atoms with Crippen molar-refractivity contribution >= 4 is 27.7 Å². The van der Waals surface area contributed by atoms with Crippen molar-refractivity contribution in [3.63, 3.8) is 0 Å². The van der Waals surface area contributed by atoms with Gasteiger partial charge in [0.2, 0.25) is 5.91 Å². The molecule has 0 atom stereocenters. The largest absolute Gasteiger partial charge is 0.310 e. The molecular weight excluding hydrogens is 330 g/mol. The monoisotopic (exact) mass is 340 g/mol. The average Bonchev–Trinajstić information content (AvgIpc) is 2.38. The van der Waals surface area contributed by atoms with E-state index in [2.05, 4.69) is 26.2 Å². The van der Waals surface area contributed by atoms with Gasteiger partial charge in [-0.1, -0.05) is 12.1 Å². The quantitative estimate of drug-likeness (QED) is 0.927. The van der Waals surface area contributed by atoms with Gasteiger partial charge in [0.25, 0.3) is 0 Å². The van der Waals surface area contributed by atoms with Crippen LogP contribution in [0.25, 0.3) is 0 Å². The van der Waals surface area contributed by atoms with E-state index < -0.39 is 17.5 Å². The van der Waals surface area contributed by atoms with Gasteiger partial charge in [-0.05, 0) is 40.5 Å². The molecule has 0 aliphatic heterocycles. The number of benzene rings is 1. The van der Waals surface area contributed by atoms with Crippen molar-refractivity contribution in [2.24, 2.45) is 0 Å². The first-order valence-electron chi connectivity index (χ1n) is 5.82.